The standard InChI is InChI=1S/C15H10Br2N2OS/c1-8-18-12-7-6-11(17)13(14(12)15(20)19(8)21)9-4-2-3-5-10(9)16/h2-7,21H,1H3. The summed E-state index contributed by atoms with van der Waals surface area (Å²) in [7, 11) is 0. The molecule has 0 radical (unpaired) electrons. The molecule has 0 N–H and O–H groups in total. The summed E-state index contributed by atoms with van der Waals surface area (Å²) in [6, 6.07) is 11.5. The van der Waals surface area contributed by atoms with Gasteiger partial charge in [0.05, 0.1) is 10.9 Å². The van der Waals surface area contributed by atoms with Crippen LogP contribution < -0.4 is 5.56 Å². The van der Waals surface area contributed by atoms with Gasteiger partial charge in [-0.15, -0.1) is 0 Å². The first-order valence-electron chi connectivity index (χ1n) is 6.16. The molecule has 0 saturated carbocycles. The Bertz CT molecular complexity index is 921. The van der Waals surface area contributed by atoms with Crippen molar-refractivity contribution < 1.29 is 0 Å². The highest BCUT2D eigenvalue weighted by Crippen LogP contribution is 2.37. The van der Waals surface area contributed by atoms with Crippen molar-refractivity contribution in [2.75, 3.05) is 0 Å². The lowest BCUT2D eigenvalue weighted by Crippen LogP contribution is -2.18. The molecule has 1 heterocycles. The maximum atomic E-state index is 12.6. The smallest absolute Gasteiger partial charge is 0.268 e. The van der Waals surface area contributed by atoms with Crippen molar-refractivity contribution in [1.82, 2.24) is 8.96 Å². The molecule has 0 amide bonds. The summed E-state index contributed by atoms with van der Waals surface area (Å²) >= 11 is 11.3. The lowest BCUT2D eigenvalue weighted by atomic mass is 10.0. The Morgan fingerprint density at radius 2 is 1.81 bits per heavy atom. The quantitative estimate of drug-likeness (QED) is 0.578. The van der Waals surface area contributed by atoms with Crippen molar-refractivity contribution in [3.8, 4) is 11.1 Å². The predicted octanol–water partition coefficient (Wildman–Crippen LogP) is 4.59. The van der Waals surface area contributed by atoms with E-state index in [0.29, 0.717) is 16.7 Å². The van der Waals surface area contributed by atoms with Crippen LogP contribution in [0.1, 0.15) is 5.82 Å². The van der Waals surface area contributed by atoms with Gasteiger partial charge in [0.15, 0.2) is 0 Å². The summed E-state index contributed by atoms with van der Waals surface area (Å²) in [5.41, 5.74) is 2.25. The highest BCUT2D eigenvalue weighted by Gasteiger charge is 2.16. The molecule has 3 nitrogen and oxygen atoms in total. The van der Waals surface area contributed by atoms with Crippen LogP contribution in [0.4, 0.5) is 0 Å². The Kier molecular flexibility index (Phi) is 3.94. The summed E-state index contributed by atoms with van der Waals surface area (Å²) in [6.07, 6.45) is 0. The number of rotatable bonds is 1. The maximum absolute atomic E-state index is 12.6. The average Bonchev–Trinajstić information content (AvgIpc) is 2.47. The van der Waals surface area contributed by atoms with Crippen molar-refractivity contribution >= 4 is 55.6 Å². The molecule has 0 bridgehead atoms. The van der Waals surface area contributed by atoms with Crippen molar-refractivity contribution in [3.05, 3.63) is 61.5 Å². The largest absolute Gasteiger partial charge is 0.272 e. The van der Waals surface area contributed by atoms with Gasteiger partial charge in [0, 0.05) is 14.5 Å². The highest BCUT2D eigenvalue weighted by molar-refractivity contribution is 9.11. The predicted molar refractivity (Wildman–Crippen MR) is 96.0 cm³/mol. The molecule has 0 aliphatic carbocycles. The molecule has 0 saturated heterocycles. The third-order valence-corrected chi connectivity index (χ3v) is 5.09. The Labute approximate surface area is 143 Å². The van der Waals surface area contributed by atoms with Crippen molar-refractivity contribution in [1.29, 1.82) is 0 Å². The van der Waals surface area contributed by atoms with Gasteiger partial charge in [-0.3, -0.25) is 4.79 Å². The molecule has 0 aliphatic heterocycles. The van der Waals surface area contributed by atoms with E-state index in [2.05, 4.69) is 49.7 Å². The van der Waals surface area contributed by atoms with Gasteiger partial charge in [-0.2, -0.15) is 0 Å². The van der Waals surface area contributed by atoms with Crippen LogP contribution in [0, 0.1) is 6.92 Å². The molecule has 3 rings (SSSR count). The van der Waals surface area contributed by atoms with Crippen LogP contribution in [0.3, 0.4) is 0 Å². The van der Waals surface area contributed by atoms with Crippen LogP contribution >= 0.6 is 44.7 Å². The third-order valence-electron chi connectivity index (χ3n) is 3.27. The van der Waals surface area contributed by atoms with E-state index in [1.54, 1.807) is 6.92 Å². The molecule has 0 aliphatic rings. The van der Waals surface area contributed by atoms with E-state index < -0.39 is 0 Å². The zero-order valence-electron chi connectivity index (χ0n) is 11.0. The Morgan fingerprint density at radius 3 is 2.52 bits per heavy atom. The van der Waals surface area contributed by atoms with Gasteiger partial charge in [0.1, 0.15) is 5.82 Å². The summed E-state index contributed by atoms with van der Waals surface area (Å²) in [5.74, 6) is 0.566. The topological polar surface area (TPSA) is 34.9 Å². The van der Waals surface area contributed by atoms with Gasteiger partial charge in [0.25, 0.3) is 5.56 Å². The zero-order chi connectivity index (χ0) is 15.1. The van der Waals surface area contributed by atoms with Gasteiger partial charge >= 0.3 is 0 Å². The van der Waals surface area contributed by atoms with Gasteiger partial charge < -0.3 is 0 Å². The molecule has 0 atom stereocenters. The zero-order valence-corrected chi connectivity index (χ0v) is 15.0. The fourth-order valence-electron chi connectivity index (χ4n) is 2.28. The molecule has 3 aromatic rings. The SMILES string of the molecule is Cc1nc2ccc(Br)c(-c3ccccc3Br)c2c(=O)n1S. The van der Waals surface area contributed by atoms with Gasteiger partial charge in [-0.25, -0.2) is 8.96 Å². The lowest BCUT2D eigenvalue weighted by Gasteiger charge is -2.12. The molecular weight excluding hydrogens is 416 g/mol. The van der Waals surface area contributed by atoms with E-state index in [1.165, 1.54) is 3.97 Å². The molecule has 106 valence electrons. The molecule has 0 unspecified atom stereocenters. The second-order valence-electron chi connectivity index (χ2n) is 4.57. The minimum absolute atomic E-state index is 0.173. The normalized spacial score (nSPS) is 11.0. The van der Waals surface area contributed by atoms with Crippen LogP contribution in [0.25, 0.3) is 22.0 Å². The van der Waals surface area contributed by atoms with Crippen LogP contribution in [0.15, 0.2) is 50.1 Å². The van der Waals surface area contributed by atoms with E-state index >= 15 is 0 Å². The number of hydrogen-bond donors (Lipinski definition) is 1. The van der Waals surface area contributed by atoms with Gasteiger partial charge in [-0.1, -0.05) is 62.9 Å². The molecule has 2 aromatic carbocycles. The van der Waals surface area contributed by atoms with E-state index in [-0.39, 0.29) is 5.56 Å². The highest BCUT2D eigenvalue weighted by atomic mass is 79.9. The lowest BCUT2D eigenvalue weighted by molar-refractivity contribution is 1.01. The van der Waals surface area contributed by atoms with E-state index in [9.17, 15) is 4.79 Å². The minimum Gasteiger partial charge on any atom is -0.268 e. The van der Waals surface area contributed by atoms with Crippen molar-refractivity contribution in [2.45, 2.75) is 6.92 Å². The Hall–Kier alpha value is -1.11. The van der Waals surface area contributed by atoms with Crippen LogP contribution in [0.2, 0.25) is 0 Å². The van der Waals surface area contributed by atoms with Crippen LogP contribution in [-0.2, 0) is 0 Å². The summed E-state index contributed by atoms with van der Waals surface area (Å²) in [6.45, 7) is 1.76. The number of benzene rings is 2. The Morgan fingerprint density at radius 1 is 1.10 bits per heavy atom. The number of fused-ring (bicyclic) bond motifs is 1. The molecule has 0 fully saturated rings. The second kappa shape index (κ2) is 5.59. The summed E-state index contributed by atoms with van der Waals surface area (Å²) in [5, 5.41) is 0.553. The number of aromatic nitrogens is 2. The number of halogens is 2. The molecule has 0 spiro atoms. The van der Waals surface area contributed by atoms with E-state index in [0.717, 1.165) is 20.1 Å². The van der Waals surface area contributed by atoms with Crippen molar-refractivity contribution in [2.24, 2.45) is 0 Å². The number of aryl methyl sites for hydroxylation is 1. The number of nitrogens with zero attached hydrogens (tertiary/aromatic N) is 2. The maximum Gasteiger partial charge on any atom is 0.272 e. The van der Waals surface area contributed by atoms with Crippen molar-refractivity contribution in [3.63, 3.8) is 0 Å². The summed E-state index contributed by atoms with van der Waals surface area (Å²) < 4.78 is 3.04. The molecular formula is C15H10Br2N2OS. The first-order valence-corrected chi connectivity index (χ1v) is 8.15. The molecule has 21 heavy (non-hydrogen) atoms. The molecule has 6 heteroatoms. The van der Waals surface area contributed by atoms with E-state index in [4.69, 9.17) is 0 Å². The average molecular weight is 426 g/mol. The minimum atomic E-state index is -0.173. The fraction of sp³-hybridized carbons (Fsp3) is 0.0667. The van der Waals surface area contributed by atoms with Crippen LogP contribution in [0.5, 0.6) is 0 Å². The first-order chi connectivity index (χ1) is 10.0. The second-order valence-corrected chi connectivity index (χ2v) is 6.68. The Balaban J connectivity index is 2.54. The van der Waals surface area contributed by atoms with Crippen LogP contribution in [-0.4, -0.2) is 8.96 Å². The first kappa shape index (κ1) is 14.8. The monoisotopic (exact) mass is 424 g/mol. The fourth-order valence-corrected chi connectivity index (χ4v) is 3.45. The third kappa shape index (κ3) is 2.45. The number of thiol groups is 1. The van der Waals surface area contributed by atoms with Gasteiger partial charge in [0.2, 0.25) is 0 Å². The summed E-state index contributed by atoms with van der Waals surface area (Å²) in [4.78, 5) is 17.1. The number of hydrogen-bond acceptors (Lipinski definition) is 3. The van der Waals surface area contributed by atoms with Gasteiger partial charge in [-0.05, 0) is 30.7 Å². The molecule has 1 aromatic heterocycles. The van der Waals surface area contributed by atoms with E-state index in [1.807, 2.05) is 36.4 Å².